The maximum Gasteiger partial charge on any atom is 0.332 e. The van der Waals surface area contributed by atoms with Crippen molar-refractivity contribution < 1.29 is 14.4 Å². The van der Waals surface area contributed by atoms with E-state index in [0.29, 0.717) is 25.2 Å². The van der Waals surface area contributed by atoms with Crippen molar-refractivity contribution in [3.05, 3.63) is 101 Å². The summed E-state index contributed by atoms with van der Waals surface area (Å²) in [5.74, 6) is -0.702. The number of aromatic amines is 1. The minimum atomic E-state index is -1.17. The molecule has 7 nitrogen and oxygen atoms in total. The van der Waals surface area contributed by atoms with E-state index in [2.05, 4.69) is 10.3 Å². The first-order valence-electron chi connectivity index (χ1n) is 12.1. The molecule has 2 aliphatic rings. The number of anilines is 1. The molecule has 3 heterocycles. The molecule has 4 aromatic rings. The number of carbonyl (C=O) groups is 3. The van der Waals surface area contributed by atoms with Crippen molar-refractivity contribution >= 4 is 34.4 Å². The highest BCUT2D eigenvalue weighted by Gasteiger charge is 2.59. The molecule has 0 spiro atoms. The Balaban J connectivity index is 1.35. The Labute approximate surface area is 208 Å². The highest BCUT2D eigenvalue weighted by atomic mass is 16.2. The largest absolute Gasteiger partial charge is 0.356 e. The van der Waals surface area contributed by atoms with Crippen LogP contribution in [0.4, 0.5) is 10.5 Å². The van der Waals surface area contributed by atoms with Crippen molar-refractivity contribution in [2.24, 2.45) is 0 Å². The van der Waals surface area contributed by atoms with Gasteiger partial charge >= 0.3 is 6.03 Å². The molecule has 36 heavy (non-hydrogen) atoms. The maximum absolute atomic E-state index is 14.0. The number of imide groups is 1. The van der Waals surface area contributed by atoms with Gasteiger partial charge in [0.15, 0.2) is 5.54 Å². The molecular formula is C29H26N4O3. The molecule has 7 heteroatoms. The lowest BCUT2D eigenvalue weighted by atomic mass is 9.87. The Bertz CT molecular complexity index is 1540. The fourth-order valence-electron chi connectivity index (χ4n) is 5.45. The number of benzene rings is 3. The van der Waals surface area contributed by atoms with Crippen LogP contribution in [0, 0.1) is 6.92 Å². The van der Waals surface area contributed by atoms with E-state index in [9.17, 15) is 14.4 Å². The van der Waals surface area contributed by atoms with Gasteiger partial charge in [-0.2, -0.15) is 0 Å². The fraction of sp³-hybridized carbons (Fsp3) is 0.207. The van der Waals surface area contributed by atoms with Gasteiger partial charge in [0, 0.05) is 24.0 Å². The van der Waals surface area contributed by atoms with Gasteiger partial charge in [-0.15, -0.1) is 0 Å². The highest BCUT2D eigenvalue weighted by Crippen LogP contribution is 2.45. The number of nitrogens with one attached hydrogen (secondary N) is 2. The van der Waals surface area contributed by atoms with Crippen LogP contribution >= 0.6 is 0 Å². The number of aryl methyl sites for hydroxylation is 1. The smallest absolute Gasteiger partial charge is 0.332 e. The molecule has 1 fully saturated rings. The average molecular weight is 479 g/mol. The lowest BCUT2D eigenvalue weighted by Crippen LogP contribution is -2.49. The first-order valence-corrected chi connectivity index (χ1v) is 12.1. The van der Waals surface area contributed by atoms with E-state index < -0.39 is 11.6 Å². The summed E-state index contributed by atoms with van der Waals surface area (Å²) < 4.78 is 0. The van der Waals surface area contributed by atoms with Gasteiger partial charge in [-0.3, -0.25) is 9.59 Å². The van der Waals surface area contributed by atoms with Gasteiger partial charge in [0.2, 0.25) is 0 Å². The third-order valence-electron chi connectivity index (χ3n) is 7.43. The summed E-state index contributed by atoms with van der Waals surface area (Å²) in [4.78, 5) is 47.1. The van der Waals surface area contributed by atoms with Crippen LogP contribution in [0.2, 0.25) is 0 Å². The molecule has 1 unspecified atom stereocenters. The van der Waals surface area contributed by atoms with E-state index in [1.165, 1.54) is 4.90 Å². The monoisotopic (exact) mass is 478 g/mol. The number of hydrogen-bond acceptors (Lipinski definition) is 3. The summed E-state index contributed by atoms with van der Waals surface area (Å²) in [6.45, 7) is 4.57. The number of para-hydroxylation sites is 2. The molecule has 0 saturated carbocycles. The van der Waals surface area contributed by atoms with Crippen molar-refractivity contribution in [1.29, 1.82) is 0 Å². The first kappa shape index (κ1) is 22.1. The molecule has 1 aromatic heterocycles. The zero-order valence-corrected chi connectivity index (χ0v) is 20.2. The number of rotatable bonds is 4. The van der Waals surface area contributed by atoms with Gasteiger partial charge in [0.05, 0.1) is 16.9 Å². The summed E-state index contributed by atoms with van der Waals surface area (Å²) in [6, 6.07) is 22.2. The number of H-pyrrole nitrogens is 1. The minimum absolute atomic E-state index is 0.284. The summed E-state index contributed by atoms with van der Waals surface area (Å²) in [5.41, 5.74) is 4.28. The van der Waals surface area contributed by atoms with Gasteiger partial charge in [0.1, 0.15) is 0 Å². The second kappa shape index (κ2) is 8.09. The van der Waals surface area contributed by atoms with Crippen LogP contribution in [0.1, 0.15) is 39.7 Å². The Morgan fingerprint density at radius 2 is 1.72 bits per heavy atom. The molecule has 2 N–H and O–H groups in total. The number of urea groups is 1. The van der Waals surface area contributed by atoms with Gasteiger partial charge in [-0.25, -0.2) is 9.69 Å². The topological polar surface area (TPSA) is 85.5 Å². The van der Waals surface area contributed by atoms with Crippen molar-refractivity contribution in [3.8, 4) is 0 Å². The molecule has 0 radical (unpaired) electrons. The molecule has 180 valence electrons. The standard InChI is InChI=1S/C29H26N4O3/c1-18-11-13-19(14-12-18)17-30-26(34)22-8-4-6-10-24(22)33-27(35)29(2)25-21(15-16-32(29)28(33)36)20-7-3-5-9-23(20)31-25/h3-14,31H,15-17H2,1-2H3,(H,30,34). The van der Waals surface area contributed by atoms with Gasteiger partial charge in [-0.05, 0) is 49.6 Å². The molecule has 2 aliphatic heterocycles. The second-order valence-electron chi connectivity index (χ2n) is 9.61. The van der Waals surface area contributed by atoms with Crippen LogP contribution < -0.4 is 10.2 Å². The van der Waals surface area contributed by atoms with E-state index in [-0.39, 0.29) is 17.4 Å². The zero-order chi connectivity index (χ0) is 25.0. The van der Waals surface area contributed by atoms with Crippen LogP contribution in [0.5, 0.6) is 0 Å². The minimum Gasteiger partial charge on any atom is -0.356 e. The van der Waals surface area contributed by atoms with Crippen LogP contribution in [-0.4, -0.2) is 34.3 Å². The van der Waals surface area contributed by atoms with E-state index in [1.54, 1.807) is 36.1 Å². The molecule has 1 saturated heterocycles. The molecule has 3 aromatic carbocycles. The quantitative estimate of drug-likeness (QED) is 0.419. The van der Waals surface area contributed by atoms with Crippen molar-refractivity contribution in [1.82, 2.24) is 15.2 Å². The van der Waals surface area contributed by atoms with Crippen molar-refractivity contribution in [3.63, 3.8) is 0 Å². The molecule has 1 atom stereocenters. The predicted molar refractivity (Wildman–Crippen MR) is 138 cm³/mol. The predicted octanol–water partition coefficient (Wildman–Crippen LogP) is 4.65. The van der Waals surface area contributed by atoms with Gasteiger partial charge in [0.25, 0.3) is 11.8 Å². The van der Waals surface area contributed by atoms with Crippen LogP contribution in [0.25, 0.3) is 10.9 Å². The normalized spacial score (nSPS) is 18.9. The summed E-state index contributed by atoms with van der Waals surface area (Å²) in [7, 11) is 0. The van der Waals surface area contributed by atoms with Crippen LogP contribution in [-0.2, 0) is 23.3 Å². The molecular weight excluding hydrogens is 452 g/mol. The van der Waals surface area contributed by atoms with Crippen LogP contribution in [0.3, 0.4) is 0 Å². The van der Waals surface area contributed by atoms with Crippen molar-refractivity contribution in [2.75, 3.05) is 11.4 Å². The number of carbonyl (C=O) groups excluding carboxylic acids is 3. The lowest BCUT2D eigenvalue weighted by molar-refractivity contribution is -0.125. The fourth-order valence-corrected chi connectivity index (χ4v) is 5.45. The third kappa shape index (κ3) is 3.16. The average Bonchev–Trinajstić information content (AvgIpc) is 3.37. The molecule has 4 amide bonds. The van der Waals surface area contributed by atoms with Gasteiger partial charge in [-0.1, -0.05) is 60.2 Å². The SMILES string of the molecule is Cc1ccc(CNC(=O)c2ccccc2N2C(=O)N3CCc4c([nH]c5ccccc45)C3(C)C2=O)cc1. The number of hydrogen-bond donors (Lipinski definition) is 2. The zero-order valence-electron chi connectivity index (χ0n) is 20.2. The summed E-state index contributed by atoms with van der Waals surface area (Å²) >= 11 is 0. The molecule has 0 aliphatic carbocycles. The molecule has 6 rings (SSSR count). The Morgan fingerprint density at radius 3 is 2.53 bits per heavy atom. The van der Waals surface area contributed by atoms with E-state index in [4.69, 9.17) is 0 Å². The number of fused-ring (bicyclic) bond motifs is 5. The Hall–Kier alpha value is -4.39. The number of aromatic nitrogens is 1. The lowest BCUT2D eigenvalue weighted by Gasteiger charge is -2.35. The second-order valence-corrected chi connectivity index (χ2v) is 9.61. The summed E-state index contributed by atoms with van der Waals surface area (Å²) in [6.07, 6.45) is 0.653. The number of nitrogens with zero attached hydrogens (tertiary/aromatic N) is 2. The summed E-state index contributed by atoms with van der Waals surface area (Å²) in [5, 5.41) is 4.00. The van der Waals surface area contributed by atoms with E-state index in [1.807, 2.05) is 55.5 Å². The highest BCUT2D eigenvalue weighted by molar-refractivity contribution is 6.25. The van der Waals surface area contributed by atoms with E-state index >= 15 is 0 Å². The van der Waals surface area contributed by atoms with E-state index in [0.717, 1.165) is 33.3 Å². The van der Waals surface area contributed by atoms with Crippen LogP contribution in [0.15, 0.2) is 72.8 Å². The molecule has 0 bridgehead atoms. The van der Waals surface area contributed by atoms with Crippen molar-refractivity contribution in [2.45, 2.75) is 32.4 Å². The Morgan fingerprint density at radius 1 is 1.00 bits per heavy atom. The number of amides is 4. The maximum atomic E-state index is 14.0. The van der Waals surface area contributed by atoms with Gasteiger partial charge < -0.3 is 15.2 Å². The first-order chi connectivity index (χ1) is 17.4. The third-order valence-corrected chi connectivity index (χ3v) is 7.43. The Kier molecular flexibility index (Phi) is 4.96.